The van der Waals surface area contributed by atoms with Gasteiger partial charge in [-0.3, -0.25) is 4.79 Å². The highest BCUT2D eigenvalue weighted by Gasteiger charge is 2.20. The zero-order chi connectivity index (χ0) is 20.1. The Kier molecular flexibility index (Phi) is 6.72. The van der Waals surface area contributed by atoms with Crippen LogP contribution in [-0.4, -0.2) is 34.7 Å². The lowest BCUT2D eigenvalue weighted by atomic mass is 10.1. The summed E-state index contributed by atoms with van der Waals surface area (Å²) in [6.45, 7) is 2.14. The maximum atomic E-state index is 13.6. The third kappa shape index (κ3) is 4.92. The molecule has 0 fully saturated rings. The summed E-state index contributed by atoms with van der Waals surface area (Å²) in [5, 5.41) is 13.4. The van der Waals surface area contributed by atoms with Gasteiger partial charge >= 0.3 is 0 Å². The molecule has 0 bridgehead atoms. The maximum Gasteiger partial charge on any atom is 0.268 e. The summed E-state index contributed by atoms with van der Waals surface area (Å²) < 4.78 is 13.6. The lowest BCUT2D eigenvalue weighted by Gasteiger charge is -2.16. The Morgan fingerprint density at radius 2 is 2.07 bits per heavy atom. The summed E-state index contributed by atoms with van der Waals surface area (Å²) in [5.74, 6) is -0.604. The van der Waals surface area contributed by atoms with Gasteiger partial charge in [0.2, 0.25) is 0 Å². The van der Waals surface area contributed by atoms with Crippen LogP contribution in [0.1, 0.15) is 30.3 Å². The fourth-order valence-corrected chi connectivity index (χ4v) is 4.03. The number of aliphatic hydroxyl groups is 1. The second-order valence-electron chi connectivity index (χ2n) is 6.70. The summed E-state index contributed by atoms with van der Waals surface area (Å²) in [6, 6.07) is 13.6. The highest BCUT2D eigenvalue weighted by Crippen LogP contribution is 2.36. The fraction of sp³-hybridized carbons (Fsp3) is 0.286. The van der Waals surface area contributed by atoms with E-state index in [4.69, 9.17) is 5.73 Å². The van der Waals surface area contributed by atoms with Crippen molar-refractivity contribution in [3.63, 3.8) is 0 Å². The largest absolute Gasteiger partial charge is 0.393 e. The summed E-state index contributed by atoms with van der Waals surface area (Å²) >= 11 is 1.34. The molecule has 3 aromatic rings. The van der Waals surface area contributed by atoms with Crippen LogP contribution in [0.25, 0.3) is 10.9 Å². The third-order valence-corrected chi connectivity index (χ3v) is 5.59. The molecule has 0 spiro atoms. The number of hydrogen-bond donors (Lipinski definition) is 4. The Bertz CT molecular complexity index is 960. The van der Waals surface area contributed by atoms with Gasteiger partial charge in [-0.2, -0.15) is 0 Å². The number of aliphatic hydroxyl groups excluding tert-OH is 1. The molecular weight excluding hydrogens is 377 g/mol. The van der Waals surface area contributed by atoms with Crippen molar-refractivity contribution >= 4 is 28.6 Å². The van der Waals surface area contributed by atoms with E-state index in [0.29, 0.717) is 23.4 Å². The van der Waals surface area contributed by atoms with Gasteiger partial charge in [0.15, 0.2) is 0 Å². The first-order chi connectivity index (χ1) is 13.5. The number of amides is 1. The quantitative estimate of drug-likeness (QED) is 0.463. The van der Waals surface area contributed by atoms with Crippen molar-refractivity contribution in [3.8, 4) is 0 Å². The maximum absolute atomic E-state index is 13.6. The van der Waals surface area contributed by atoms with Crippen LogP contribution in [0.2, 0.25) is 0 Å². The number of fused-ring (bicyclic) bond motifs is 1. The molecule has 2 atom stereocenters. The molecule has 3 rings (SSSR count). The number of hydrogen-bond acceptors (Lipinski definition) is 4. The van der Waals surface area contributed by atoms with Gasteiger partial charge in [0.25, 0.3) is 5.91 Å². The zero-order valence-electron chi connectivity index (χ0n) is 15.6. The van der Waals surface area contributed by atoms with Crippen molar-refractivity contribution in [3.05, 3.63) is 60.0 Å². The predicted octanol–water partition coefficient (Wildman–Crippen LogP) is 3.68. The number of nitrogens with two attached hydrogens (primary N) is 1. The molecular formula is C21H24FN3O2S. The van der Waals surface area contributed by atoms with Crippen LogP contribution in [0, 0.1) is 5.82 Å². The molecule has 1 unspecified atom stereocenters. The lowest BCUT2D eigenvalue weighted by Crippen LogP contribution is -2.39. The number of benzene rings is 2. The van der Waals surface area contributed by atoms with Crippen molar-refractivity contribution in [1.29, 1.82) is 0 Å². The van der Waals surface area contributed by atoms with E-state index >= 15 is 0 Å². The summed E-state index contributed by atoms with van der Waals surface area (Å²) in [6.07, 6.45) is 0.575. The van der Waals surface area contributed by atoms with Crippen molar-refractivity contribution < 1.29 is 14.3 Å². The molecule has 0 saturated heterocycles. The SMILES string of the molecule is CCC(O)C[C@H](N)CNC(=O)c1[nH]c2ccccc2c1Sc1cccc(F)c1. The minimum Gasteiger partial charge on any atom is -0.393 e. The third-order valence-electron chi connectivity index (χ3n) is 4.47. The van der Waals surface area contributed by atoms with E-state index in [0.717, 1.165) is 15.8 Å². The highest BCUT2D eigenvalue weighted by molar-refractivity contribution is 7.99. The van der Waals surface area contributed by atoms with Gasteiger partial charge in [0.1, 0.15) is 11.5 Å². The number of rotatable bonds is 8. The number of carbonyl (C=O) groups is 1. The van der Waals surface area contributed by atoms with Crippen LogP contribution in [-0.2, 0) is 0 Å². The van der Waals surface area contributed by atoms with E-state index in [1.807, 2.05) is 31.2 Å². The van der Waals surface area contributed by atoms with Gasteiger partial charge in [-0.05, 0) is 37.1 Å². The van der Waals surface area contributed by atoms with E-state index in [9.17, 15) is 14.3 Å². The molecule has 2 aromatic carbocycles. The number of carbonyl (C=O) groups excluding carboxylic acids is 1. The lowest BCUT2D eigenvalue weighted by molar-refractivity contribution is 0.0936. The topological polar surface area (TPSA) is 91.1 Å². The monoisotopic (exact) mass is 401 g/mol. The van der Waals surface area contributed by atoms with Gasteiger partial charge in [-0.15, -0.1) is 0 Å². The molecule has 7 heteroatoms. The highest BCUT2D eigenvalue weighted by atomic mass is 32.2. The minimum atomic E-state index is -0.473. The molecule has 0 aliphatic heterocycles. The average molecular weight is 402 g/mol. The van der Waals surface area contributed by atoms with Gasteiger partial charge in [0.05, 0.1) is 11.0 Å². The Labute approximate surface area is 167 Å². The fourth-order valence-electron chi connectivity index (χ4n) is 2.94. The standard InChI is InChI=1S/C21H24FN3O2S/c1-2-15(26)11-14(23)12-24-21(27)19-20(17-8-3-4-9-18(17)25-19)28-16-7-5-6-13(22)10-16/h3-10,14-15,25-26H,2,11-12,23H2,1H3,(H,24,27)/t14-,15?/m0/s1. The zero-order valence-corrected chi connectivity index (χ0v) is 16.4. The second-order valence-corrected chi connectivity index (χ2v) is 7.79. The minimum absolute atomic E-state index is 0.259. The van der Waals surface area contributed by atoms with Gasteiger partial charge in [-0.25, -0.2) is 4.39 Å². The molecule has 5 N–H and O–H groups in total. The molecule has 28 heavy (non-hydrogen) atoms. The van der Waals surface area contributed by atoms with Crippen LogP contribution in [0.3, 0.4) is 0 Å². The molecule has 1 heterocycles. The second kappa shape index (κ2) is 9.23. The van der Waals surface area contributed by atoms with E-state index in [1.54, 1.807) is 12.1 Å². The van der Waals surface area contributed by atoms with E-state index < -0.39 is 6.10 Å². The van der Waals surface area contributed by atoms with E-state index in [2.05, 4.69) is 10.3 Å². The molecule has 148 valence electrons. The number of halogens is 1. The Balaban J connectivity index is 1.83. The molecule has 0 aliphatic rings. The Hall–Kier alpha value is -2.35. The number of nitrogens with one attached hydrogen (secondary N) is 2. The molecule has 1 aromatic heterocycles. The molecule has 5 nitrogen and oxygen atoms in total. The van der Waals surface area contributed by atoms with E-state index in [-0.39, 0.29) is 24.3 Å². The Morgan fingerprint density at radius 1 is 1.29 bits per heavy atom. The first-order valence-corrected chi connectivity index (χ1v) is 10.1. The number of aromatic nitrogens is 1. The van der Waals surface area contributed by atoms with Gasteiger partial charge < -0.3 is 21.1 Å². The summed E-state index contributed by atoms with van der Waals surface area (Å²) in [4.78, 5) is 17.4. The first kappa shape index (κ1) is 20.4. The van der Waals surface area contributed by atoms with Crippen LogP contribution in [0.4, 0.5) is 4.39 Å². The number of aromatic amines is 1. The smallest absolute Gasteiger partial charge is 0.268 e. The van der Waals surface area contributed by atoms with Gasteiger partial charge in [-0.1, -0.05) is 43.0 Å². The van der Waals surface area contributed by atoms with Crippen molar-refractivity contribution in [2.24, 2.45) is 5.73 Å². The summed E-state index contributed by atoms with van der Waals surface area (Å²) in [7, 11) is 0. The number of H-pyrrole nitrogens is 1. The van der Waals surface area contributed by atoms with Crippen LogP contribution < -0.4 is 11.1 Å². The van der Waals surface area contributed by atoms with Gasteiger partial charge in [0, 0.05) is 28.4 Å². The molecule has 0 saturated carbocycles. The average Bonchev–Trinajstić information content (AvgIpc) is 3.04. The summed E-state index contributed by atoms with van der Waals surface area (Å²) in [5.41, 5.74) is 7.24. The van der Waals surface area contributed by atoms with Crippen LogP contribution in [0.15, 0.2) is 58.3 Å². The van der Waals surface area contributed by atoms with Crippen molar-refractivity contribution in [2.45, 2.75) is 41.7 Å². The van der Waals surface area contributed by atoms with Crippen LogP contribution >= 0.6 is 11.8 Å². The first-order valence-electron chi connectivity index (χ1n) is 9.24. The van der Waals surface area contributed by atoms with Crippen LogP contribution in [0.5, 0.6) is 0 Å². The molecule has 0 radical (unpaired) electrons. The van der Waals surface area contributed by atoms with Crippen molar-refractivity contribution in [2.75, 3.05) is 6.54 Å². The van der Waals surface area contributed by atoms with E-state index in [1.165, 1.54) is 23.9 Å². The number of para-hydroxylation sites is 1. The molecule has 0 aliphatic carbocycles. The van der Waals surface area contributed by atoms with Crippen molar-refractivity contribution in [1.82, 2.24) is 10.3 Å². The normalized spacial score (nSPS) is 13.4. The molecule has 1 amide bonds. The predicted molar refractivity (Wildman–Crippen MR) is 110 cm³/mol. The Morgan fingerprint density at radius 3 is 2.82 bits per heavy atom.